The van der Waals surface area contributed by atoms with Gasteiger partial charge in [-0.05, 0) is 67.8 Å². The van der Waals surface area contributed by atoms with E-state index in [1.54, 1.807) is 0 Å². The summed E-state index contributed by atoms with van der Waals surface area (Å²) in [6.45, 7) is 9.35. The lowest BCUT2D eigenvalue weighted by Gasteiger charge is -2.25. The topological polar surface area (TPSA) is 21.7 Å². The van der Waals surface area contributed by atoms with Crippen molar-refractivity contribution in [3.63, 3.8) is 0 Å². The van der Waals surface area contributed by atoms with Crippen LogP contribution in [0, 0.1) is 0 Å². The highest BCUT2D eigenvalue weighted by atomic mass is 16.5. The molecule has 2 aromatic carbocycles. The van der Waals surface area contributed by atoms with Crippen LogP contribution in [0.2, 0.25) is 0 Å². The molecule has 0 aliphatic rings. The number of anilines is 2. The van der Waals surface area contributed by atoms with Crippen molar-refractivity contribution < 1.29 is 9.47 Å². The molecule has 0 unspecified atom stereocenters. The van der Waals surface area contributed by atoms with Crippen LogP contribution in [0.25, 0.3) is 0 Å². The minimum atomic E-state index is 0.805. The lowest BCUT2D eigenvalue weighted by molar-refractivity contribution is 0.305. The van der Waals surface area contributed by atoms with E-state index in [1.807, 2.05) is 0 Å². The molecule has 3 heteroatoms. The first-order valence-electron chi connectivity index (χ1n) is 13.0. The Balaban J connectivity index is 1.96. The third-order valence-electron chi connectivity index (χ3n) is 5.82. The number of nitrogens with zero attached hydrogens (tertiary/aromatic N) is 1. The minimum absolute atomic E-state index is 0.805. The Hall–Kier alpha value is -2.16. The molecule has 3 nitrogen and oxygen atoms in total. The standard InChI is InChI=1S/C29H45NO2/c1-4-7-10-13-24-31-28-19-15-26(16-20-28)30(23-12-9-6-3)27-17-21-29(22-18-27)32-25-14-11-8-5-2/h15-22H,4-14,23-25H2,1-3H3. The molecular weight excluding hydrogens is 394 g/mol. The van der Waals surface area contributed by atoms with Gasteiger partial charge in [-0.1, -0.05) is 72.1 Å². The largest absolute Gasteiger partial charge is 0.494 e. The molecular formula is C29H45NO2. The summed E-state index contributed by atoms with van der Waals surface area (Å²) < 4.78 is 11.9. The fourth-order valence-corrected chi connectivity index (χ4v) is 3.81. The predicted octanol–water partition coefficient (Wildman–Crippen LogP) is 8.93. The molecule has 0 heterocycles. The average molecular weight is 440 g/mol. The van der Waals surface area contributed by atoms with Crippen molar-refractivity contribution in [1.29, 1.82) is 0 Å². The molecule has 0 fully saturated rings. The first kappa shape index (κ1) is 26.1. The van der Waals surface area contributed by atoms with E-state index in [2.05, 4.69) is 74.2 Å². The van der Waals surface area contributed by atoms with E-state index < -0.39 is 0 Å². The lowest BCUT2D eigenvalue weighted by Crippen LogP contribution is -2.18. The van der Waals surface area contributed by atoms with E-state index >= 15 is 0 Å². The summed E-state index contributed by atoms with van der Waals surface area (Å²) in [6.07, 6.45) is 13.5. The van der Waals surface area contributed by atoms with Gasteiger partial charge in [0, 0.05) is 17.9 Å². The van der Waals surface area contributed by atoms with Crippen LogP contribution in [0.5, 0.6) is 11.5 Å². The number of unbranched alkanes of at least 4 members (excludes halogenated alkanes) is 8. The SMILES string of the molecule is CCCCCCOc1ccc(N(CCCCC)c2ccc(OCCCCCC)cc2)cc1. The van der Waals surface area contributed by atoms with Crippen LogP contribution >= 0.6 is 0 Å². The fourth-order valence-electron chi connectivity index (χ4n) is 3.81. The quantitative estimate of drug-likeness (QED) is 0.216. The van der Waals surface area contributed by atoms with Gasteiger partial charge in [-0.2, -0.15) is 0 Å². The third-order valence-corrected chi connectivity index (χ3v) is 5.82. The summed E-state index contributed by atoms with van der Waals surface area (Å²) in [5.41, 5.74) is 2.43. The average Bonchev–Trinajstić information content (AvgIpc) is 2.83. The number of hydrogen-bond donors (Lipinski definition) is 0. The van der Waals surface area contributed by atoms with Crippen LogP contribution < -0.4 is 14.4 Å². The summed E-state index contributed by atoms with van der Waals surface area (Å²) in [7, 11) is 0. The molecule has 0 saturated carbocycles. The van der Waals surface area contributed by atoms with Crippen molar-refractivity contribution in [1.82, 2.24) is 0 Å². The Bertz CT molecular complexity index is 639. The number of ether oxygens (including phenoxy) is 2. The molecule has 0 bridgehead atoms. The second-order valence-electron chi connectivity index (χ2n) is 8.66. The van der Waals surface area contributed by atoms with Crippen molar-refractivity contribution >= 4 is 11.4 Å². The van der Waals surface area contributed by atoms with Gasteiger partial charge in [0.1, 0.15) is 11.5 Å². The van der Waals surface area contributed by atoms with E-state index in [9.17, 15) is 0 Å². The number of rotatable bonds is 18. The second kappa shape index (κ2) is 16.5. The summed E-state index contributed by atoms with van der Waals surface area (Å²) in [6, 6.07) is 17.2. The van der Waals surface area contributed by atoms with Crippen molar-refractivity contribution in [3.8, 4) is 11.5 Å². The van der Waals surface area contributed by atoms with Crippen LogP contribution in [0.15, 0.2) is 48.5 Å². The molecule has 2 rings (SSSR count). The Morgan fingerprint density at radius 3 is 1.31 bits per heavy atom. The van der Waals surface area contributed by atoms with Gasteiger partial charge in [-0.3, -0.25) is 0 Å². The van der Waals surface area contributed by atoms with Gasteiger partial charge in [0.2, 0.25) is 0 Å². The summed E-state index contributed by atoms with van der Waals surface area (Å²) in [5, 5.41) is 0. The maximum absolute atomic E-state index is 5.93. The van der Waals surface area contributed by atoms with Gasteiger partial charge < -0.3 is 14.4 Å². The zero-order valence-electron chi connectivity index (χ0n) is 20.8. The molecule has 0 radical (unpaired) electrons. The first-order chi connectivity index (χ1) is 15.8. The third kappa shape index (κ3) is 9.97. The predicted molar refractivity (Wildman–Crippen MR) is 139 cm³/mol. The number of benzene rings is 2. The molecule has 0 aliphatic heterocycles. The van der Waals surface area contributed by atoms with Crippen LogP contribution in [-0.2, 0) is 0 Å². The molecule has 0 amide bonds. The minimum Gasteiger partial charge on any atom is -0.494 e. The molecule has 2 aromatic rings. The second-order valence-corrected chi connectivity index (χ2v) is 8.66. The van der Waals surface area contributed by atoms with E-state index in [-0.39, 0.29) is 0 Å². The van der Waals surface area contributed by atoms with Gasteiger partial charge in [-0.15, -0.1) is 0 Å². The van der Waals surface area contributed by atoms with Crippen LogP contribution in [0.4, 0.5) is 11.4 Å². The van der Waals surface area contributed by atoms with Gasteiger partial charge in [0.25, 0.3) is 0 Å². The van der Waals surface area contributed by atoms with Crippen molar-refractivity contribution in [2.24, 2.45) is 0 Å². The Kier molecular flexibility index (Phi) is 13.4. The van der Waals surface area contributed by atoms with Crippen LogP contribution in [0.3, 0.4) is 0 Å². The maximum atomic E-state index is 5.93. The normalized spacial score (nSPS) is 10.8. The highest BCUT2D eigenvalue weighted by molar-refractivity contribution is 5.64. The molecule has 0 spiro atoms. The smallest absolute Gasteiger partial charge is 0.119 e. The van der Waals surface area contributed by atoms with Gasteiger partial charge in [-0.25, -0.2) is 0 Å². The van der Waals surface area contributed by atoms with E-state index in [1.165, 1.54) is 69.2 Å². The molecule has 0 aliphatic carbocycles. The molecule has 32 heavy (non-hydrogen) atoms. The van der Waals surface area contributed by atoms with Gasteiger partial charge in [0.15, 0.2) is 0 Å². The van der Waals surface area contributed by atoms with Crippen LogP contribution in [-0.4, -0.2) is 19.8 Å². The monoisotopic (exact) mass is 439 g/mol. The van der Waals surface area contributed by atoms with Crippen molar-refractivity contribution in [2.75, 3.05) is 24.7 Å². The van der Waals surface area contributed by atoms with Crippen molar-refractivity contribution in [2.45, 2.75) is 91.4 Å². The zero-order valence-corrected chi connectivity index (χ0v) is 20.8. The first-order valence-corrected chi connectivity index (χ1v) is 13.0. The number of hydrogen-bond acceptors (Lipinski definition) is 3. The highest BCUT2D eigenvalue weighted by Crippen LogP contribution is 2.29. The lowest BCUT2D eigenvalue weighted by atomic mass is 10.2. The van der Waals surface area contributed by atoms with Gasteiger partial charge in [0.05, 0.1) is 13.2 Å². The summed E-state index contributed by atoms with van der Waals surface area (Å²) in [5.74, 6) is 1.93. The fraction of sp³-hybridized carbons (Fsp3) is 0.586. The van der Waals surface area contributed by atoms with E-state index in [0.29, 0.717) is 0 Å². The Labute approximate surface area is 197 Å². The summed E-state index contributed by atoms with van der Waals surface area (Å²) >= 11 is 0. The highest BCUT2D eigenvalue weighted by Gasteiger charge is 2.10. The van der Waals surface area contributed by atoms with E-state index in [0.717, 1.165) is 44.1 Å². The molecule has 0 N–H and O–H groups in total. The summed E-state index contributed by atoms with van der Waals surface area (Å²) in [4.78, 5) is 2.41. The Morgan fingerprint density at radius 1 is 0.500 bits per heavy atom. The Morgan fingerprint density at radius 2 is 0.906 bits per heavy atom. The van der Waals surface area contributed by atoms with Crippen molar-refractivity contribution in [3.05, 3.63) is 48.5 Å². The molecule has 0 aromatic heterocycles. The van der Waals surface area contributed by atoms with Gasteiger partial charge >= 0.3 is 0 Å². The molecule has 178 valence electrons. The zero-order chi connectivity index (χ0) is 22.9. The van der Waals surface area contributed by atoms with E-state index in [4.69, 9.17) is 9.47 Å². The maximum Gasteiger partial charge on any atom is 0.119 e. The molecule has 0 atom stereocenters. The van der Waals surface area contributed by atoms with Crippen LogP contribution in [0.1, 0.15) is 91.4 Å². The molecule has 0 saturated heterocycles.